The lowest BCUT2D eigenvalue weighted by molar-refractivity contribution is -0.140. The molecule has 0 aliphatic carbocycles. The van der Waals surface area contributed by atoms with Crippen LogP contribution in [-0.4, -0.2) is 29.9 Å². The molecule has 5 nitrogen and oxygen atoms in total. The molecule has 3 N–H and O–H groups in total. The Morgan fingerprint density at radius 3 is 2.50 bits per heavy atom. The topological polar surface area (TPSA) is 75.4 Å². The van der Waals surface area contributed by atoms with Crippen molar-refractivity contribution in [3.05, 3.63) is 0 Å². The average Bonchev–Trinajstić information content (AvgIpc) is 2.11. The van der Waals surface area contributed by atoms with E-state index in [1.54, 1.807) is 0 Å². The summed E-state index contributed by atoms with van der Waals surface area (Å²) in [6, 6.07) is -0.521. The van der Waals surface area contributed by atoms with Gasteiger partial charge in [0.15, 0.2) is 0 Å². The fourth-order valence-electron chi connectivity index (χ4n) is 1.09. The van der Waals surface area contributed by atoms with Crippen LogP contribution in [0.3, 0.4) is 0 Å². The number of nitrogens with zero attached hydrogens (tertiary/aromatic N) is 1. The number of hydrogen-bond acceptors (Lipinski definition) is 3. The van der Waals surface area contributed by atoms with Gasteiger partial charge in [0.25, 0.3) is 5.91 Å². The van der Waals surface area contributed by atoms with Crippen LogP contribution in [0.1, 0.15) is 33.1 Å². The number of nitrogens with one attached hydrogen (secondary N) is 1. The van der Waals surface area contributed by atoms with Crippen molar-refractivity contribution in [2.45, 2.75) is 39.2 Å². The number of carbonyl (C=O) groups is 2. The molecule has 0 unspecified atom stereocenters. The van der Waals surface area contributed by atoms with E-state index >= 15 is 0 Å². The van der Waals surface area contributed by atoms with Crippen LogP contribution >= 0.6 is 0 Å². The molecular weight excluding hydrogens is 182 g/mol. The fourth-order valence-corrected chi connectivity index (χ4v) is 1.09. The van der Waals surface area contributed by atoms with E-state index in [-0.39, 0.29) is 11.8 Å². The van der Waals surface area contributed by atoms with E-state index in [9.17, 15) is 9.59 Å². The largest absolute Gasteiger partial charge is 0.320 e. The lowest BCUT2D eigenvalue weighted by Crippen LogP contribution is -2.49. The molecule has 0 radical (unpaired) electrons. The van der Waals surface area contributed by atoms with Gasteiger partial charge in [-0.2, -0.15) is 0 Å². The van der Waals surface area contributed by atoms with Crippen LogP contribution in [0.25, 0.3) is 0 Å². The Bertz CT molecular complexity index is 206. The molecule has 0 aromatic carbocycles. The Kier molecular flexibility index (Phi) is 5.87. The molecular formula is C9H19N3O2. The first-order chi connectivity index (χ1) is 6.49. The summed E-state index contributed by atoms with van der Waals surface area (Å²) in [7, 11) is 1.50. The van der Waals surface area contributed by atoms with Crippen LogP contribution in [-0.2, 0) is 9.59 Å². The summed E-state index contributed by atoms with van der Waals surface area (Å²) in [6.07, 6.45) is 2.57. The van der Waals surface area contributed by atoms with Crippen LogP contribution in [0.4, 0.5) is 0 Å². The van der Waals surface area contributed by atoms with Crippen molar-refractivity contribution in [2.24, 2.45) is 5.73 Å². The SMILES string of the molecule is CCCC[C@H](N)C(=O)N(C)NC(C)=O. The summed E-state index contributed by atoms with van der Waals surface area (Å²) in [5.74, 6) is -0.530. The Morgan fingerprint density at radius 1 is 1.50 bits per heavy atom. The average molecular weight is 201 g/mol. The normalized spacial score (nSPS) is 12.0. The van der Waals surface area contributed by atoms with E-state index in [1.165, 1.54) is 14.0 Å². The summed E-state index contributed by atoms with van der Waals surface area (Å²) in [5, 5.41) is 1.14. The van der Waals surface area contributed by atoms with Crippen LogP contribution in [0.5, 0.6) is 0 Å². The zero-order chi connectivity index (χ0) is 11.1. The Morgan fingerprint density at radius 2 is 2.07 bits per heavy atom. The highest BCUT2D eigenvalue weighted by molar-refractivity contribution is 5.84. The monoisotopic (exact) mass is 201 g/mol. The first-order valence-electron chi connectivity index (χ1n) is 4.79. The number of hydrazine groups is 1. The lowest BCUT2D eigenvalue weighted by atomic mass is 10.1. The van der Waals surface area contributed by atoms with Gasteiger partial charge in [-0.3, -0.25) is 20.0 Å². The van der Waals surface area contributed by atoms with Crippen molar-refractivity contribution < 1.29 is 9.59 Å². The number of nitrogens with two attached hydrogens (primary N) is 1. The quantitative estimate of drug-likeness (QED) is 0.629. The molecule has 0 aromatic heterocycles. The third-order valence-corrected chi connectivity index (χ3v) is 1.84. The molecule has 14 heavy (non-hydrogen) atoms. The maximum Gasteiger partial charge on any atom is 0.257 e. The maximum atomic E-state index is 11.5. The second-order valence-electron chi connectivity index (χ2n) is 3.31. The van der Waals surface area contributed by atoms with Crippen LogP contribution in [0.2, 0.25) is 0 Å². The van der Waals surface area contributed by atoms with Gasteiger partial charge in [0.2, 0.25) is 5.91 Å². The van der Waals surface area contributed by atoms with E-state index in [4.69, 9.17) is 5.73 Å². The molecule has 0 fully saturated rings. The summed E-state index contributed by atoms with van der Waals surface area (Å²) in [6.45, 7) is 3.38. The summed E-state index contributed by atoms with van der Waals surface area (Å²) < 4.78 is 0. The van der Waals surface area contributed by atoms with Gasteiger partial charge in [0.1, 0.15) is 0 Å². The van der Waals surface area contributed by atoms with Gasteiger partial charge < -0.3 is 5.73 Å². The molecule has 0 saturated heterocycles. The third kappa shape index (κ3) is 4.81. The van der Waals surface area contributed by atoms with Crippen molar-refractivity contribution in [3.8, 4) is 0 Å². The second kappa shape index (κ2) is 6.37. The maximum absolute atomic E-state index is 11.5. The van der Waals surface area contributed by atoms with Crippen molar-refractivity contribution in [1.29, 1.82) is 0 Å². The summed E-state index contributed by atoms with van der Waals surface area (Å²) >= 11 is 0. The highest BCUT2D eigenvalue weighted by atomic mass is 16.2. The van der Waals surface area contributed by atoms with E-state index < -0.39 is 6.04 Å². The van der Waals surface area contributed by atoms with Crippen molar-refractivity contribution in [3.63, 3.8) is 0 Å². The predicted octanol–water partition coefficient (Wildman–Crippen LogP) is 0.0134. The molecule has 0 rings (SSSR count). The molecule has 0 bridgehead atoms. The minimum absolute atomic E-state index is 0.256. The number of hydrogen-bond donors (Lipinski definition) is 2. The van der Waals surface area contributed by atoms with Gasteiger partial charge in [0.05, 0.1) is 6.04 Å². The molecule has 5 heteroatoms. The van der Waals surface area contributed by atoms with E-state index in [1.807, 2.05) is 6.92 Å². The molecule has 0 aromatic rings. The molecule has 0 aliphatic heterocycles. The highest BCUT2D eigenvalue weighted by Crippen LogP contribution is 2.00. The van der Waals surface area contributed by atoms with E-state index in [0.717, 1.165) is 17.9 Å². The Balaban J connectivity index is 3.97. The lowest BCUT2D eigenvalue weighted by Gasteiger charge is -2.20. The summed E-state index contributed by atoms with van der Waals surface area (Å²) in [5.41, 5.74) is 8.00. The molecule has 0 spiro atoms. The van der Waals surface area contributed by atoms with Crippen LogP contribution < -0.4 is 11.2 Å². The number of likely N-dealkylation sites (N-methyl/N-ethyl adjacent to an activating group) is 1. The minimum atomic E-state index is -0.521. The Labute approximate surface area is 84.6 Å². The van der Waals surface area contributed by atoms with Crippen molar-refractivity contribution >= 4 is 11.8 Å². The van der Waals surface area contributed by atoms with Gasteiger partial charge in [-0.15, -0.1) is 0 Å². The first kappa shape index (κ1) is 12.9. The van der Waals surface area contributed by atoms with Gasteiger partial charge in [-0.25, -0.2) is 0 Å². The van der Waals surface area contributed by atoms with Crippen molar-refractivity contribution in [1.82, 2.24) is 10.4 Å². The zero-order valence-corrected chi connectivity index (χ0v) is 9.04. The number of amides is 2. The molecule has 0 heterocycles. The molecule has 0 saturated carbocycles. The first-order valence-corrected chi connectivity index (χ1v) is 4.79. The van der Waals surface area contributed by atoms with Gasteiger partial charge in [-0.1, -0.05) is 19.8 Å². The standard InChI is InChI=1S/C9H19N3O2/c1-4-5-6-8(10)9(14)12(3)11-7(2)13/h8H,4-6,10H2,1-3H3,(H,11,13)/t8-/m0/s1. The zero-order valence-electron chi connectivity index (χ0n) is 9.04. The second-order valence-corrected chi connectivity index (χ2v) is 3.31. The molecule has 2 amide bonds. The molecule has 1 atom stereocenters. The van der Waals surface area contributed by atoms with E-state index in [0.29, 0.717) is 6.42 Å². The number of carbonyl (C=O) groups excluding carboxylic acids is 2. The fraction of sp³-hybridized carbons (Fsp3) is 0.778. The number of rotatable bonds is 4. The predicted molar refractivity (Wildman–Crippen MR) is 54.1 cm³/mol. The van der Waals surface area contributed by atoms with Crippen LogP contribution in [0.15, 0.2) is 0 Å². The van der Waals surface area contributed by atoms with Crippen molar-refractivity contribution in [2.75, 3.05) is 7.05 Å². The molecule has 82 valence electrons. The van der Waals surface area contributed by atoms with Crippen LogP contribution in [0, 0.1) is 0 Å². The smallest absolute Gasteiger partial charge is 0.257 e. The minimum Gasteiger partial charge on any atom is -0.320 e. The third-order valence-electron chi connectivity index (χ3n) is 1.84. The summed E-state index contributed by atoms with van der Waals surface area (Å²) in [4.78, 5) is 22.1. The highest BCUT2D eigenvalue weighted by Gasteiger charge is 2.17. The van der Waals surface area contributed by atoms with Gasteiger partial charge >= 0.3 is 0 Å². The van der Waals surface area contributed by atoms with Gasteiger partial charge in [0, 0.05) is 14.0 Å². The Hall–Kier alpha value is -1.10. The number of unbranched alkanes of at least 4 members (excludes halogenated alkanes) is 1. The molecule has 0 aliphatic rings. The van der Waals surface area contributed by atoms with Gasteiger partial charge in [-0.05, 0) is 6.42 Å². The van der Waals surface area contributed by atoms with E-state index in [2.05, 4.69) is 5.43 Å².